The summed E-state index contributed by atoms with van der Waals surface area (Å²) in [5.41, 5.74) is -0.912. The van der Waals surface area contributed by atoms with E-state index in [1.54, 1.807) is 11.4 Å². The van der Waals surface area contributed by atoms with Crippen molar-refractivity contribution in [3.8, 4) is 0 Å². The summed E-state index contributed by atoms with van der Waals surface area (Å²) in [7, 11) is -3.63. The summed E-state index contributed by atoms with van der Waals surface area (Å²) >= 11 is 2.11. The maximum atomic E-state index is 13.5. The molecule has 3 heterocycles. The Morgan fingerprint density at radius 3 is 2.91 bits per heavy atom. The van der Waals surface area contributed by atoms with E-state index in [1.807, 2.05) is 0 Å². The van der Waals surface area contributed by atoms with Gasteiger partial charge in [-0.2, -0.15) is 14.0 Å². The second kappa shape index (κ2) is 5.50. The minimum absolute atomic E-state index is 0.0145. The number of rotatable bonds is 4. The van der Waals surface area contributed by atoms with Crippen molar-refractivity contribution < 1.29 is 12.8 Å². The zero-order chi connectivity index (χ0) is 15.9. The zero-order valence-corrected chi connectivity index (χ0v) is 13.6. The number of nitrogens with zero attached hydrogens (tertiary/aromatic N) is 3. The number of halogens is 1. The molecule has 3 aromatic heterocycles. The average molecular weight is 360 g/mol. The van der Waals surface area contributed by atoms with Crippen LogP contribution in [0.3, 0.4) is 0 Å². The van der Waals surface area contributed by atoms with Crippen LogP contribution in [0.1, 0.15) is 10.7 Å². The average Bonchev–Trinajstić information content (AvgIpc) is 3.12. The minimum Gasteiger partial charge on any atom is -0.264 e. The molecule has 0 aliphatic heterocycles. The van der Waals surface area contributed by atoms with Gasteiger partial charge in [0.25, 0.3) is 0 Å². The molecule has 0 bridgehead atoms. The molecule has 1 N–H and O–H groups in total. The van der Waals surface area contributed by atoms with Crippen LogP contribution in [-0.4, -0.2) is 23.0 Å². The van der Waals surface area contributed by atoms with Crippen LogP contribution in [0, 0.1) is 12.7 Å². The van der Waals surface area contributed by atoms with Crippen LogP contribution in [-0.2, 0) is 16.6 Å². The van der Waals surface area contributed by atoms with E-state index in [4.69, 9.17) is 0 Å². The topological polar surface area (TPSA) is 93.4 Å². The molecule has 0 atom stereocenters. The number of thiophene rings is 1. The van der Waals surface area contributed by atoms with Gasteiger partial charge in [0.05, 0.1) is 12.2 Å². The van der Waals surface area contributed by atoms with Crippen molar-refractivity contribution >= 4 is 37.7 Å². The van der Waals surface area contributed by atoms with E-state index < -0.39 is 21.4 Å². The number of hydrogen-bond acceptors (Lipinski definition) is 7. The monoisotopic (exact) mass is 360 g/mol. The predicted octanol–water partition coefficient (Wildman–Crippen LogP) is 1.14. The molecule has 0 saturated carbocycles. The summed E-state index contributed by atoms with van der Waals surface area (Å²) < 4.78 is 40.9. The fourth-order valence-electron chi connectivity index (χ4n) is 1.68. The first-order valence-corrected chi connectivity index (χ1v) is 9.14. The van der Waals surface area contributed by atoms with Gasteiger partial charge in [-0.25, -0.2) is 18.1 Å². The Kier molecular flexibility index (Phi) is 3.80. The van der Waals surface area contributed by atoms with Gasteiger partial charge in [0, 0.05) is 0 Å². The molecule has 0 fully saturated rings. The van der Waals surface area contributed by atoms with Crippen molar-refractivity contribution in [1.82, 2.24) is 19.3 Å². The van der Waals surface area contributed by atoms with Gasteiger partial charge in [-0.1, -0.05) is 17.4 Å². The van der Waals surface area contributed by atoms with Crippen LogP contribution in [0.4, 0.5) is 4.39 Å². The van der Waals surface area contributed by atoms with Gasteiger partial charge in [-0.15, -0.1) is 11.3 Å². The highest BCUT2D eigenvalue weighted by Gasteiger charge is 2.17. The first-order chi connectivity index (χ1) is 10.4. The Morgan fingerprint density at radius 1 is 1.45 bits per heavy atom. The number of hydrogen-bond donors (Lipinski definition) is 1. The van der Waals surface area contributed by atoms with Gasteiger partial charge in [0.1, 0.15) is 9.22 Å². The third kappa shape index (κ3) is 2.67. The van der Waals surface area contributed by atoms with Crippen LogP contribution < -0.4 is 10.3 Å². The fourth-order valence-corrected chi connectivity index (χ4v) is 4.67. The second-order valence-corrected chi connectivity index (χ2v) is 8.25. The maximum absolute atomic E-state index is 13.5. The molecular weight excluding hydrogens is 351 g/mol. The van der Waals surface area contributed by atoms with E-state index >= 15 is 0 Å². The number of nitrogens with one attached hydrogen (secondary N) is 1. The fraction of sp³-hybridized carbons (Fsp3) is 0.182. The Hall–Kier alpha value is -1.69. The van der Waals surface area contributed by atoms with E-state index in [-0.39, 0.29) is 21.4 Å². The lowest BCUT2D eigenvalue weighted by Crippen LogP contribution is -2.23. The van der Waals surface area contributed by atoms with Crippen LogP contribution in [0.2, 0.25) is 0 Å². The smallest absolute Gasteiger partial charge is 0.264 e. The van der Waals surface area contributed by atoms with Gasteiger partial charge in [-0.3, -0.25) is 4.79 Å². The largest absolute Gasteiger partial charge is 0.311 e. The third-order valence-electron chi connectivity index (χ3n) is 2.74. The Balaban J connectivity index is 1.90. The molecule has 116 valence electrons. The predicted molar refractivity (Wildman–Crippen MR) is 80.2 cm³/mol. The molecule has 0 unspecified atom stereocenters. The van der Waals surface area contributed by atoms with E-state index in [1.165, 1.54) is 13.0 Å². The van der Waals surface area contributed by atoms with Crippen LogP contribution in [0.15, 0.2) is 26.5 Å². The van der Waals surface area contributed by atoms with Crippen LogP contribution >= 0.6 is 22.7 Å². The summed E-state index contributed by atoms with van der Waals surface area (Å²) in [5, 5.41) is 5.86. The highest BCUT2D eigenvalue weighted by molar-refractivity contribution is 7.91. The second-order valence-electron chi connectivity index (χ2n) is 4.26. The van der Waals surface area contributed by atoms with Crippen molar-refractivity contribution in [1.29, 1.82) is 0 Å². The van der Waals surface area contributed by atoms with Crippen molar-refractivity contribution in [2.75, 3.05) is 0 Å². The molecule has 0 aliphatic carbocycles. The van der Waals surface area contributed by atoms with Crippen LogP contribution in [0.25, 0.3) is 4.96 Å². The van der Waals surface area contributed by atoms with Crippen molar-refractivity contribution in [3.05, 3.63) is 44.4 Å². The molecule has 0 spiro atoms. The first kappa shape index (κ1) is 15.2. The molecule has 0 aromatic carbocycles. The molecule has 0 aliphatic rings. The van der Waals surface area contributed by atoms with E-state index in [2.05, 4.69) is 14.8 Å². The normalized spacial score (nSPS) is 12.1. The maximum Gasteiger partial charge on any atom is 0.311 e. The summed E-state index contributed by atoms with van der Waals surface area (Å²) in [6.07, 6.45) is 0. The summed E-state index contributed by atoms with van der Waals surface area (Å²) in [4.78, 5) is 15.8. The van der Waals surface area contributed by atoms with E-state index in [0.29, 0.717) is 5.01 Å². The molecule has 0 radical (unpaired) electrons. The van der Waals surface area contributed by atoms with Crippen molar-refractivity contribution in [3.63, 3.8) is 0 Å². The highest BCUT2D eigenvalue weighted by atomic mass is 32.2. The molecule has 3 aromatic rings. The molecule has 3 rings (SSSR count). The lowest BCUT2D eigenvalue weighted by molar-refractivity contribution is 0.575. The number of aromatic nitrogens is 3. The van der Waals surface area contributed by atoms with Gasteiger partial charge < -0.3 is 0 Å². The van der Waals surface area contributed by atoms with Gasteiger partial charge in [0.2, 0.25) is 20.8 Å². The molecule has 0 saturated heterocycles. The van der Waals surface area contributed by atoms with Crippen molar-refractivity contribution in [2.45, 2.75) is 17.7 Å². The summed E-state index contributed by atoms with van der Waals surface area (Å²) in [6.45, 7) is 1.28. The Labute approximate surface area is 132 Å². The van der Waals surface area contributed by atoms with Gasteiger partial charge in [-0.05, 0) is 18.4 Å². The first-order valence-electron chi connectivity index (χ1n) is 5.96. The third-order valence-corrected chi connectivity index (χ3v) is 6.44. The molecule has 22 heavy (non-hydrogen) atoms. The number of aryl methyl sites for hydroxylation is 1. The van der Waals surface area contributed by atoms with E-state index in [9.17, 15) is 17.6 Å². The van der Waals surface area contributed by atoms with Crippen molar-refractivity contribution in [2.24, 2.45) is 0 Å². The Morgan fingerprint density at radius 2 is 2.23 bits per heavy atom. The highest BCUT2D eigenvalue weighted by Crippen LogP contribution is 2.17. The lowest BCUT2D eigenvalue weighted by atomic mass is 10.4. The zero-order valence-electron chi connectivity index (χ0n) is 11.1. The van der Waals surface area contributed by atoms with E-state index in [0.717, 1.165) is 27.2 Å². The molecule has 11 heteroatoms. The summed E-state index contributed by atoms with van der Waals surface area (Å²) in [5.74, 6) is -0.964. The number of sulfonamides is 1. The van der Waals surface area contributed by atoms with Gasteiger partial charge in [0.15, 0.2) is 0 Å². The van der Waals surface area contributed by atoms with Gasteiger partial charge >= 0.3 is 5.56 Å². The molecule has 0 amide bonds. The minimum atomic E-state index is -3.63. The molecule has 7 nitrogen and oxygen atoms in total. The standard InChI is InChI=1S/C11H9FN4O3S3/c1-6-9(12)10(17)16-11(14-6)21-7(15-16)5-13-22(18,19)8-3-2-4-20-8/h2-4,13H,5H2,1H3. The van der Waals surface area contributed by atoms with Crippen LogP contribution in [0.5, 0.6) is 0 Å². The number of fused-ring (bicyclic) bond motifs is 1. The Bertz CT molecular complexity index is 992. The summed E-state index contributed by atoms with van der Waals surface area (Å²) in [6, 6.07) is 3.11. The molecular formula is C11H9FN4O3S3. The lowest BCUT2D eigenvalue weighted by Gasteiger charge is -2.01. The SMILES string of the molecule is Cc1nc2sc(CNS(=O)(=O)c3cccs3)nn2c(=O)c1F. The quantitative estimate of drug-likeness (QED) is 0.753.